The van der Waals surface area contributed by atoms with Gasteiger partial charge in [0.2, 0.25) is 0 Å². The minimum atomic E-state index is -0.409. The number of unbranched alkanes of at least 4 members (excludes halogenated alkanes) is 7. The number of hydrogen-bond donors (Lipinski definition) is 1. The zero-order chi connectivity index (χ0) is 14.6. The number of amidine groups is 1. The van der Waals surface area contributed by atoms with Crippen molar-refractivity contribution in [2.45, 2.75) is 77.9 Å². The third-order valence-corrected chi connectivity index (χ3v) is 3.86. The summed E-state index contributed by atoms with van der Waals surface area (Å²) in [5.74, 6) is 1.04. The summed E-state index contributed by atoms with van der Waals surface area (Å²) in [6, 6.07) is 0. The van der Waals surface area contributed by atoms with E-state index in [1.54, 1.807) is 0 Å². The third-order valence-electron chi connectivity index (χ3n) is 3.86. The molecule has 0 bridgehead atoms. The van der Waals surface area contributed by atoms with Crippen LogP contribution < -0.4 is 0 Å². The van der Waals surface area contributed by atoms with Gasteiger partial charge in [-0.2, -0.15) is 0 Å². The van der Waals surface area contributed by atoms with Crippen LogP contribution in [0, 0.1) is 0 Å². The van der Waals surface area contributed by atoms with Crippen molar-refractivity contribution in [3.8, 4) is 0 Å². The molecule has 0 saturated carbocycles. The molecule has 3 heteroatoms. The van der Waals surface area contributed by atoms with Crippen molar-refractivity contribution >= 4 is 5.84 Å². The van der Waals surface area contributed by atoms with Crippen LogP contribution in [0.25, 0.3) is 0 Å². The lowest BCUT2D eigenvalue weighted by molar-refractivity contribution is 0.0771. The summed E-state index contributed by atoms with van der Waals surface area (Å²) in [5.41, 5.74) is 0. The minimum Gasteiger partial charge on any atom is -0.374 e. The molecule has 0 spiro atoms. The lowest BCUT2D eigenvalue weighted by Crippen LogP contribution is -2.35. The Labute approximate surface area is 124 Å². The van der Waals surface area contributed by atoms with E-state index in [1.807, 2.05) is 11.8 Å². The predicted molar refractivity (Wildman–Crippen MR) is 87.1 cm³/mol. The highest BCUT2D eigenvalue weighted by atomic mass is 16.3. The van der Waals surface area contributed by atoms with E-state index in [2.05, 4.69) is 24.1 Å². The molecule has 0 saturated heterocycles. The van der Waals surface area contributed by atoms with Gasteiger partial charge in [0.25, 0.3) is 0 Å². The van der Waals surface area contributed by atoms with Crippen LogP contribution in [-0.4, -0.2) is 35.2 Å². The van der Waals surface area contributed by atoms with Crippen molar-refractivity contribution in [2.75, 3.05) is 13.1 Å². The SMILES string of the molecule is CCCCCCCCC/C=C/CC1=NCCN1C(C)O. The molecule has 1 atom stereocenters. The molecule has 1 rings (SSSR count). The molecule has 0 aromatic carbocycles. The van der Waals surface area contributed by atoms with Crippen molar-refractivity contribution in [1.29, 1.82) is 0 Å². The normalized spacial score (nSPS) is 16.9. The smallest absolute Gasteiger partial charge is 0.125 e. The van der Waals surface area contributed by atoms with Gasteiger partial charge in [-0.25, -0.2) is 0 Å². The molecule has 1 aliphatic rings. The van der Waals surface area contributed by atoms with Gasteiger partial charge in [-0.3, -0.25) is 4.99 Å². The second kappa shape index (κ2) is 10.9. The van der Waals surface area contributed by atoms with E-state index < -0.39 is 6.23 Å². The molecule has 116 valence electrons. The average molecular weight is 280 g/mol. The molecular formula is C17H32N2O. The van der Waals surface area contributed by atoms with Crippen molar-refractivity contribution < 1.29 is 5.11 Å². The zero-order valence-corrected chi connectivity index (χ0v) is 13.4. The van der Waals surface area contributed by atoms with E-state index in [0.717, 1.165) is 25.3 Å². The summed E-state index contributed by atoms with van der Waals surface area (Å²) >= 11 is 0. The fourth-order valence-corrected chi connectivity index (χ4v) is 2.62. The number of hydrogen-bond acceptors (Lipinski definition) is 3. The first-order valence-corrected chi connectivity index (χ1v) is 8.38. The van der Waals surface area contributed by atoms with Gasteiger partial charge >= 0.3 is 0 Å². The molecule has 1 heterocycles. The summed E-state index contributed by atoms with van der Waals surface area (Å²) in [6.45, 7) is 5.76. The maximum absolute atomic E-state index is 9.60. The number of allylic oxidation sites excluding steroid dienone is 1. The number of aliphatic imine (C=N–C) groups is 1. The molecule has 0 radical (unpaired) electrons. The number of aliphatic hydroxyl groups is 1. The first-order chi connectivity index (χ1) is 9.75. The second-order valence-electron chi connectivity index (χ2n) is 5.71. The predicted octanol–water partition coefficient (Wildman–Crippen LogP) is 4.13. The van der Waals surface area contributed by atoms with Gasteiger partial charge in [0, 0.05) is 13.0 Å². The van der Waals surface area contributed by atoms with Crippen LogP contribution in [0.4, 0.5) is 0 Å². The maximum Gasteiger partial charge on any atom is 0.125 e. The van der Waals surface area contributed by atoms with Gasteiger partial charge in [-0.05, 0) is 19.8 Å². The van der Waals surface area contributed by atoms with Crippen molar-refractivity contribution in [3.05, 3.63) is 12.2 Å². The Morgan fingerprint density at radius 3 is 2.55 bits per heavy atom. The molecule has 0 aromatic heterocycles. The van der Waals surface area contributed by atoms with Crippen LogP contribution in [0.2, 0.25) is 0 Å². The first kappa shape index (κ1) is 17.2. The lowest BCUT2D eigenvalue weighted by Gasteiger charge is -2.22. The zero-order valence-electron chi connectivity index (χ0n) is 13.4. The van der Waals surface area contributed by atoms with E-state index in [0.29, 0.717) is 0 Å². The van der Waals surface area contributed by atoms with Gasteiger partial charge in [-0.1, -0.05) is 57.6 Å². The van der Waals surface area contributed by atoms with Crippen LogP contribution >= 0.6 is 0 Å². The lowest BCUT2D eigenvalue weighted by atomic mass is 10.1. The molecule has 0 amide bonds. The summed E-state index contributed by atoms with van der Waals surface area (Å²) in [7, 11) is 0. The molecule has 20 heavy (non-hydrogen) atoms. The fraction of sp³-hybridized carbons (Fsp3) is 0.824. The van der Waals surface area contributed by atoms with Crippen molar-refractivity contribution in [2.24, 2.45) is 4.99 Å². The molecule has 1 unspecified atom stereocenters. The Balaban J connectivity index is 2.00. The van der Waals surface area contributed by atoms with Crippen molar-refractivity contribution in [3.63, 3.8) is 0 Å². The Kier molecular flexibility index (Phi) is 9.38. The molecule has 3 nitrogen and oxygen atoms in total. The summed E-state index contributed by atoms with van der Waals surface area (Å²) in [6.07, 6.45) is 15.7. The minimum absolute atomic E-state index is 0.409. The van der Waals surface area contributed by atoms with E-state index in [1.165, 1.54) is 51.4 Å². The largest absolute Gasteiger partial charge is 0.374 e. The third kappa shape index (κ3) is 7.09. The standard InChI is InChI=1S/C17H32N2O/c1-3-4-5-6-7-8-9-10-11-12-13-17-18-14-15-19(17)16(2)20/h11-12,16,20H,3-10,13-15H2,1-2H3/b12-11+. The monoisotopic (exact) mass is 280 g/mol. The van der Waals surface area contributed by atoms with Gasteiger partial charge in [0.1, 0.15) is 12.1 Å². The van der Waals surface area contributed by atoms with Crippen LogP contribution in [0.3, 0.4) is 0 Å². The highest BCUT2D eigenvalue weighted by Crippen LogP contribution is 2.11. The first-order valence-electron chi connectivity index (χ1n) is 8.38. The Bertz CT molecular complexity index is 297. The topological polar surface area (TPSA) is 35.8 Å². The van der Waals surface area contributed by atoms with Crippen molar-refractivity contribution in [1.82, 2.24) is 4.90 Å². The van der Waals surface area contributed by atoms with Gasteiger partial charge in [-0.15, -0.1) is 0 Å². The van der Waals surface area contributed by atoms with Gasteiger partial charge < -0.3 is 10.0 Å². The van der Waals surface area contributed by atoms with Crippen LogP contribution in [-0.2, 0) is 0 Å². The van der Waals surface area contributed by atoms with Crippen LogP contribution in [0.15, 0.2) is 17.1 Å². The molecule has 1 aliphatic heterocycles. The van der Waals surface area contributed by atoms with Crippen LogP contribution in [0.1, 0.15) is 71.6 Å². The Hall–Kier alpha value is -0.830. The highest BCUT2D eigenvalue weighted by Gasteiger charge is 2.18. The van der Waals surface area contributed by atoms with E-state index in [-0.39, 0.29) is 0 Å². The average Bonchev–Trinajstić information content (AvgIpc) is 2.89. The second-order valence-corrected chi connectivity index (χ2v) is 5.71. The van der Waals surface area contributed by atoms with Crippen LogP contribution in [0.5, 0.6) is 0 Å². The van der Waals surface area contributed by atoms with Gasteiger partial charge in [0.05, 0.1) is 6.54 Å². The number of rotatable bonds is 11. The molecule has 1 N–H and O–H groups in total. The highest BCUT2D eigenvalue weighted by molar-refractivity contribution is 5.85. The fourth-order valence-electron chi connectivity index (χ4n) is 2.62. The molecule has 0 aliphatic carbocycles. The summed E-state index contributed by atoms with van der Waals surface area (Å²) in [5, 5.41) is 9.60. The Morgan fingerprint density at radius 1 is 1.15 bits per heavy atom. The Morgan fingerprint density at radius 2 is 1.85 bits per heavy atom. The van der Waals surface area contributed by atoms with E-state index >= 15 is 0 Å². The summed E-state index contributed by atoms with van der Waals surface area (Å²) < 4.78 is 0. The van der Waals surface area contributed by atoms with Gasteiger partial charge in [0.15, 0.2) is 0 Å². The molecule has 0 fully saturated rings. The van der Waals surface area contributed by atoms with E-state index in [9.17, 15) is 5.11 Å². The maximum atomic E-state index is 9.60. The number of aliphatic hydroxyl groups excluding tert-OH is 1. The quantitative estimate of drug-likeness (QED) is 0.456. The summed E-state index contributed by atoms with van der Waals surface area (Å²) in [4.78, 5) is 6.43. The molecule has 0 aromatic rings. The van der Waals surface area contributed by atoms with E-state index in [4.69, 9.17) is 0 Å². The number of nitrogens with zero attached hydrogens (tertiary/aromatic N) is 2. The molecular weight excluding hydrogens is 248 g/mol.